The van der Waals surface area contributed by atoms with E-state index in [1.54, 1.807) is 0 Å². The van der Waals surface area contributed by atoms with Crippen LogP contribution in [0.15, 0.2) is 24.3 Å². The lowest BCUT2D eigenvalue weighted by molar-refractivity contribution is -0.132. The van der Waals surface area contributed by atoms with Crippen molar-refractivity contribution in [2.45, 2.75) is 37.3 Å². The molecule has 0 radical (unpaired) electrons. The third-order valence-electron chi connectivity index (χ3n) is 4.31. The molecule has 3 rings (SSSR count). The van der Waals surface area contributed by atoms with E-state index in [0.717, 1.165) is 17.7 Å². The van der Waals surface area contributed by atoms with Gasteiger partial charge in [0.15, 0.2) is 0 Å². The van der Waals surface area contributed by atoms with E-state index in [-0.39, 0.29) is 12.5 Å². The number of carbonyl (C=O) groups excluding carboxylic acids is 2. The van der Waals surface area contributed by atoms with Crippen LogP contribution in [0.3, 0.4) is 0 Å². The fraction of sp³-hybridized carbons (Fsp3) is 0.467. The number of rotatable bonds is 3. The summed E-state index contributed by atoms with van der Waals surface area (Å²) < 4.78 is 12.9. The highest BCUT2D eigenvalue weighted by molar-refractivity contribution is 6.07. The van der Waals surface area contributed by atoms with Gasteiger partial charge < -0.3 is 10.4 Å². The highest BCUT2D eigenvalue weighted by Gasteiger charge is 2.52. The molecule has 1 aromatic carbocycles. The van der Waals surface area contributed by atoms with Crippen LogP contribution in [0.1, 0.15) is 37.4 Å². The van der Waals surface area contributed by atoms with E-state index in [2.05, 4.69) is 5.32 Å². The van der Waals surface area contributed by atoms with Crippen molar-refractivity contribution in [3.63, 3.8) is 0 Å². The predicted octanol–water partition coefficient (Wildman–Crippen LogP) is 1.72. The van der Waals surface area contributed by atoms with Crippen LogP contribution in [-0.2, 0) is 4.79 Å². The Morgan fingerprint density at radius 3 is 2.48 bits per heavy atom. The maximum atomic E-state index is 12.9. The molecule has 1 atom stereocenters. The lowest BCUT2D eigenvalue weighted by Crippen LogP contribution is -2.44. The lowest BCUT2D eigenvalue weighted by Gasteiger charge is -2.21. The number of imide groups is 1. The van der Waals surface area contributed by atoms with Gasteiger partial charge >= 0.3 is 6.03 Å². The number of nitrogens with one attached hydrogen (secondary N) is 1. The molecule has 3 amide bonds. The summed E-state index contributed by atoms with van der Waals surface area (Å²) in [6.07, 6.45) is 2.12. The van der Waals surface area contributed by atoms with Gasteiger partial charge in [0, 0.05) is 0 Å². The molecule has 0 aromatic heterocycles. The van der Waals surface area contributed by atoms with Crippen LogP contribution >= 0.6 is 0 Å². The third-order valence-corrected chi connectivity index (χ3v) is 4.31. The summed E-state index contributed by atoms with van der Waals surface area (Å²) in [4.78, 5) is 25.5. The number of hydrogen-bond donors (Lipinski definition) is 2. The molecule has 0 bridgehead atoms. The largest absolute Gasteiger partial charge is 0.387 e. The second-order valence-electron chi connectivity index (χ2n) is 5.70. The van der Waals surface area contributed by atoms with Crippen molar-refractivity contribution >= 4 is 11.9 Å². The van der Waals surface area contributed by atoms with E-state index in [1.165, 1.54) is 24.3 Å². The molecule has 1 saturated heterocycles. The van der Waals surface area contributed by atoms with Crippen molar-refractivity contribution in [2.75, 3.05) is 6.54 Å². The van der Waals surface area contributed by atoms with Crippen molar-refractivity contribution in [3.05, 3.63) is 35.6 Å². The number of amides is 3. The normalized spacial score (nSPS) is 21.9. The quantitative estimate of drug-likeness (QED) is 0.833. The molecular weight excluding hydrogens is 275 g/mol. The molecule has 2 N–H and O–H groups in total. The molecule has 2 fully saturated rings. The van der Waals surface area contributed by atoms with Gasteiger partial charge in [-0.2, -0.15) is 0 Å². The summed E-state index contributed by atoms with van der Waals surface area (Å²) >= 11 is 0. The van der Waals surface area contributed by atoms with Crippen LogP contribution < -0.4 is 5.32 Å². The highest BCUT2D eigenvalue weighted by Crippen LogP contribution is 2.35. The van der Waals surface area contributed by atoms with Crippen molar-refractivity contribution in [1.82, 2.24) is 10.2 Å². The van der Waals surface area contributed by atoms with Crippen molar-refractivity contribution in [1.29, 1.82) is 0 Å². The van der Waals surface area contributed by atoms with Gasteiger partial charge in [-0.3, -0.25) is 9.69 Å². The first-order valence-electron chi connectivity index (χ1n) is 7.09. The number of β-amino-alcohol motifs (C(OH)–C–C–N with tert-alkyl or cyclic N) is 1. The van der Waals surface area contributed by atoms with Crippen LogP contribution in [0.2, 0.25) is 0 Å². The molecule has 1 saturated carbocycles. The Balaban J connectivity index is 1.74. The molecule has 1 aromatic rings. The molecule has 1 spiro atoms. The molecular formula is C15H17FN2O3. The van der Waals surface area contributed by atoms with Crippen LogP contribution in [0.25, 0.3) is 0 Å². The Morgan fingerprint density at radius 1 is 1.24 bits per heavy atom. The summed E-state index contributed by atoms with van der Waals surface area (Å²) in [6, 6.07) is 4.92. The minimum atomic E-state index is -1.02. The van der Waals surface area contributed by atoms with E-state index in [1.807, 2.05) is 0 Å². The first-order valence-corrected chi connectivity index (χ1v) is 7.09. The summed E-state index contributed by atoms with van der Waals surface area (Å²) in [6.45, 7) is -0.113. The van der Waals surface area contributed by atoms with Gasteiger partial charge in [-0.1, -0.05) is 25.0 Å². The zero-order valence-electron chi connectivity index (χ0n) is 11.5. The maximum absolute atomic E-state index is 12.9. The monoisotopic (exact) mass is 292 g/mol. The SMILES string of the molecule is O=C1NC2(CCCC2)C(=O)N1CC(O)c1ccc(F)cc1. The van der Waals surface area contributed by atoms with Crippen LogP contribution in [0.4, 0.5) is 9.18 Å². The zero-order valence-corrected chi connectivity index (χ0v) is 11.5. The average Bonchev–Trinajstić information content (AvgIpc) is 3.01. The molecule has 5 nitrogen and oxygen atoms in total. The number of hydrogen-bond acceptors (Lipinski definition) is 3. The fourth-order valence-electron chi connectivity index (χ4n) is 3.12. The molecule has 112 valence electrons. The van der Waals surface area contributed by atoms with Crippen molar-refractivity contribution in [2.24, 2.45) is 0 Å². The first-order chi connectivity index (χ1) is 10.0. The second-order valence-corrected chi connectivity index (χ2v) is 5.70. The molecule has 1 heterocycles. The zero-order chi connectivity index (χ0) is 15.0. The Morgan fingerprint density at radius 2 is 1.86 bits per heavy atom. The Bertz CT molecular complexity index is 567. The minimum absolute atomic E-state index is 0.113. The minimum Gasteiger partial charge on any atom is -0.387 e. The smallest absolute Gasteiger partial charge is 0.325 e. The number of carbonyl (C=O) groups is 2. The summed E-state index contributed by atoms with van der Waals surface area (Å²) in [5.74, 6) is -0.656. The number of aliphatic hydroxyl groups is 1. The Labute approximate surface area is 121 Å². The number of halogens is 1. The van der Waals surface area contributed by atoms with Crippen LogP contribution in [0.5, 0.6) is 0 Å². The Kier molecular flexibility index (Phi) is 3.41. The van der Waals surface area contributed by atoms with Crippen molar-refractivity contribution in [3.8, 4) is 0 Å². The second kappa shape index (κ2) is 5.11. The highest BCUT2D eigenvalue weighted by atomic mass is 19.1. The predicted molar refractivity (Wildman–Crippen MR) is 72.8 cm³/mol. The van der Waals surface area contributed by atoms with Crippen LogP contribution in [-0.4, -0.2) is 34.0 Å². The maximum Gasteiger partial charge on any atom is 0.325 e. The van der Waals surface area contributed by atoms with Gasteiger partial charge in [-0.05, 0) is 30.5 Å². The molecule has 1 unspecified atom stereocenters. The standard InChI is InChI=1S/C15H17FN2O3/c16-11-5-3-10(4-6-11)12(19)9-18-13(20)15(17-14(18)21)7-1-2-8-15/h3-6,12,19H,1-2,7-9H2,(H,17,21). The van der Waals surface area contributed by atoms with Crippen LogP contribution in [0, 0.1) is 5.82 Å². The molecule has 6 heteroatoms. The van der Waals surface area contributed by atoms with E-state index in [4.69, 9.17) is 0 Å². The summed E-state index contributed by atoms with van der Waals surface area (Å²) in [7, 11) is 0. The van der Waals surface area contributed by atoms with Gasteiger partial charge in [0.25, 0.3) is 5.91 Å². The third kappa shape index (κ3) is 2.40. The fourth-order valence-corrected chi connectivity index (χ4v) is 3.12. The molecule has 21 heavy (non-hydrogen) atoms. The number of aliphatic hydroxyl groups excluding tert-OH is 1. The average molecular weight is 292 g/mol. The molecule has 2 aliphatic rings. The first kappa shape index (κ1) is 14.0. The molecule has 1 aliphatic carbocycles. The summed E-state index contributed by atoms with van der Waals surface area (Å²) in [5.41, 5.74) is -0.288. The van der Waals surface area contributed by atoms with E-state index in [0.29, 0.717) is 18.4 Å². The van der Waals surface area contributed by atoms with Crippen molar-refractivity contribution < 1.29 is 19.1 Å². The van der Waals surface area contributed by atoms with Gasteiger partial charge in [0.1, 0.15) is 11.4 Å². The topological polar surface area (TPSA) is 69.6 Å². The number of nitrogens with zero attached hydrogens (tertiary/aromatic N) is 1. The van der Waals surface area contributed by atoms with Gasteiger partial charge in [-0.15, -0.1) is 0 Å². The molecule has 1 aliphatic heterocycles. The van der Waals surface area contributed by atoms with E-state index >= 15 is 0 Å². The number of urea groups is 1. The van der Waals surface area contributed by atoms with Gasteiger partial charge in [0.05, 0.1) is 12.6 Å². The van der Waals surface area contributed by atoms with Gasteiger partial charge in [0.2, 0.25) is 0 Å². The van der Waals surface area contributed by atoms with E-state index < -0.39 is 23.5 Å². The Hall–Kier alpha value is -1.95. The van der Waals surface area contributed by atoms with Gasteiger partial charge in [-0.25, -0.2) is 9.18 Å². The lowest BCUT2D eigenvalue weighted by atomic mass is 9.98. The summed E-state index contributed by atoms with van der Waals surface area (Å²) in [5, 5.41) is 12.9. The number of benzene rings is 1. The van der Waals surface area contributed by atoms with E-state index in [9.17, 15) is 19.1 Å².